The number of methoxy groups -OCH3 is 1. The van der Waals surface area contributed by atoms with Gasteiger partial charge in [-0.15, -0.1) is 5.10 Å². The molecule has 3 aromatic rings. The minimum Gasteiger partial charge on any atom is -0.497 e. The van der Waals surface area contributed by atoms with Gasteiger partial charge in [-0.1, -0.05) is 6.07 Å². The number of benzene rings is 2. The second-order valence-corrected chi connectivity index (χ2v) is 6.78. The van der Waals surface area contributed by atoms with Gasteiger partial charge >= 0.3 is 0 Å². The first-order valence-corrected chi connectivity index (χ1v) is 9.33. The number of carbonyl (C=O) groups excluding carboxylic acids is 1. The summed E-state index contributed by atoms with van der Waals surface area (Å²) in [5.74, 6) is 0.939. The Morgan fingerprint density at radius 1 is 1.10 bits per heavy atom. The number of carbonyl (C=O) groups is 1. The van der Waals surface area contributed by atoms with Crippen molar-refractivity contribution < 1.29 is 13.9 Å². The fourth-order valence-electron chi connectivity index (χ4n) is 3.34. The van der Waals surface area contributed by atoms with Gasteiger partial charge < -0.3 is 9.64 Å². The minimum absolute atomic E-state index is 0.146. The Morgan fingerprint density at radius 3 is 2.55 bits per heavy atom. The van der Waals surface area contributed by atoms with Crippen LogP contribution in [0.15, 0.2) is 48.5 Å². The van der Waals surface area contributed by atoms with Gasteiger partial charge in [-0.05, 0) is 52.9 Å². The molecular formula is C20H21FN6O2. The Morgan fingerprint density at radius 2 is 1.86 bits per heavy atom. The van der Waals surface area contributed by atoms with Crippen LogP contribution in [0.2, 0.25) is 0 Å². The van der Waals surface area contributed by atoms with E-state index in [1.165, 1.54) is 12.1 Å². The molecular weight excluding hydrogens is 375 g/mol. The van der Waals surface area contributed by atoms with Gasteiger partial charge in [0.2, 0.25) is 0 Å². The van der Waals surface area contributed by atoms with E-state index in [1.54, 1.807) is 28.8 Å². The Kier molecular flexibility index (Phi) is 5.48. The molecule has 1 saturated heterocycles. The average Bonchev–Trinajstić information content (AvgIpc) is 3.22. The number of halogens is 1. The van der Waals surface area contributed by atoms with Crippen LogP contribution in [0.5, 0.6) is 5.75 Å². The van der Waals surface area contributed by atoms with Crippen molar-refractivity contribution in [3.8, 4) is 11.4 Å². The Bertz CT molecular complexity index is 983. The van der Waals surface area contributed by atoms with Gasteiger partial charge in [0.1, 0.15) is 11.6 Å². The van der Waals surface area contributed by atoms with E-state index in [4.69, 9.17) is 4.74 Å². The van der Waals surface area contributed by atoms with Crippen molar-refractivity contribution in [1.82, 2.24) is 30.0 Å². The van der Waals surface area contributed by atoms with E-state index in [0.29, 0.717) is 38.3 Å². The van der Waals surface area contributed by atoms with Crippen molar-refractivity contribution in [2.24, 2.45) is 0 Å². The van der Waals surface area contributed by atoms with Crippen LogP contribution < -0.4 is 4.74 Å². The van der Waals surface area contributed by atoms with Crippen molar-refractivity contribution in [2.45, 2.75) is 6.54 Å². The molecule has 150 valence electrons. The Hall–Kier alpha value is -3.33. The van der Waals surface area contributed by atoms with E-state index >= 15 is 0 Å². The third-order valence-corrected chi connectivity index (χ3v) is 4.95. The lowest BCUT2D eigenvalue weighted by atomic mass is 10.1. The minimum atomic E-state index is -0.403. The quantitative estimate of drug-likeness (QED) is 0.654. The van der Waals surface area contributed by atoms with Gasteiger partial charge in [0.25, 0.3) is 5.91 Å². The molecule has 1 aliphatic rings. The summed E-state index contributed by atoms with van der Waals surface area (Å²) in [6.45, 7) is 3.09. The molecule has 0 atom stereocenters. The maximum absolute atomic E-state index is 13.4. The lowest BCUT2D eigenvalue weighted by Gasteiger charge is -2.34. The van der Waals surface area contributed by atoms with E-state index in [2.05, 4.69) is 20.4 Å². The molecule has 2 heterocycles. The Balaban J connectivity index is 1.38. The highest BCUT2D eigenvalue weighted by atomic mass is 19.1. The van der Waals surface area contributed by atoms with E-state index in [1.807, 2.05) is 24.3 Å². The molecule has 29 heavy (non-hydrogen) atoms. The number of tetrazole rings is 1. The summed E-state index contributed by atoms with van der Waals surface area (Å²) in [6, 6.07) is 13.3. The lowest BCUT2D eigenvalue weighted by Crippen LogP contribution is -2.48. The molecule has 0 bridgehead atoms. The fraction of sp³-hybridized carbons (Fsp3) is 0.300. The third kappa shape index (κ3) is 4.24. The first kappa shape index (κ1) is 19.0. The van der Waals surface area contributed by atoms with Crippen LogP contribution >= 0.6 is 0 Å². The molecule has 1 aromatic heterocycles. The molecule has 1 fully saturated rings. The Labute approximate surface area is 167 Å². The molecule has 0 unspecified atom stereocenters. The molecule has 0 radical (unpaired) electrons. The molecule has 0 N–H and O–H groups in total. The molecule has 9 heteroatoms. The maximum Gasteiger partial charge on any atom is 0.254 e. The smallest absolute Gasteiger partial charge is 0.254 e. The third-order valence-electron chi connectivity index (χ3n) is 4.95. The molecule has 4 rings (SSSR count). The van der Waals surface area contributed by atoms with Gasteiger partial charge in [0.15, 0.2) is 5.82 Å². The summed E-state index contributed by atoms with van der Waals surface area (Å²) in [6.07, 6.45) is 0. The molecule has 8 nitrogen and oxygen atoms in total. The summed E-state index contributed by atoms with van der Waals surface area (Å²) >= 11 is 0. The van der Waals surface area contributed by atoms with Crippen molar-refractivity contribution in [2.75, 3.05) is 33.3 Å². The highest BCUT2D eigenvalue weighted by Crippen LogP contribution is 2.16. The summed E-state index contributed by atoms with van der Waals surface area (Å²) < 4.78 is 20.3. The lowest BCUT2D eigenvalue weighted by molar-refractivity contribution is 0.0624. The number of hydrogen-bond donors (Lipinski definition) is 0. The zero-order valence-corrected chi connectivity index (χ0v) is 16.0. The van der Waals surface area contributed by atoms with Crippen molar-refractivity contribution >= 4 is 5.91 Å². The second-order valence-electron chi connectivity index (χ2n) is 6.78. The van der Waals surface area contributed by atoms with Crippen LogP contribution in [0.3, 0.4) is 0 Å². The highest BCUT2D eigenvalue weighted by molar-refractivity contribution is 5.94. The van der Waals surface area contributed by atoms with E-state index in [0.717, 1.165) is 17.3 Å². The molecule has 1 aliphatic heterocycles. The predicted octanol–water partition coefficient (Wildman–Crippen LogP) is 1.77. The van der Waals surface area contributed by atoms with Crippen LogP contribution in [0, 0.1) is 5.82 Å². The number of aromatic nitrogens is 4. The maximum atomic E-state index is 13.4. The standard InChI is InChI=1S/C20H21FN6O2/c1-29-18-7-5-17(6-8-18)27-19(22-23-24-27)14-25-9-11-26(12-10-25)20(28)15-3-2-4-16(21)13-15/h2-8,13H,9-12,14H2,1H3. The van der Waals surface area contributed by atoms with Crippen LogP contribution in [0.4, 0.5) is 4.39 Å². The van der Waals surface area contributed by atoms with Crippen LogP contribution in [0.25, 0.3) is 5.69 Å². The highest BCUT2D eigenvalue weighted by Gasteiger charge is 2.23. The first-order valence-electron chi connectivity index (χ1n) is 9.33. The monoisotopic (exact) mass is 396 g/mol. The molecule has 0 aliphatic carbocycles. The van der Waals surface area contributed by atoms with Gasteiger partial charge in [-0.2, -0.15) is 4.68 Å². The molecule has 1 amide bonds. The molecule has 2 aromatic carbocycles. The van der Waals surface area contributed by atoms with Gasteiger partial charge in [-0.25, -0.2) is 4.39 Å². The summed E-state index contributed by atoms with van der Waals surface area (Å²) in [7, 11) is 1.62. The predicted molar refractivity (Wildman–Crippen MR) is 103 cm³/mol. The number of nitrogens with zero attached hydrogens (tertiary/aromatic N) is 6. The van der Waals surface area contributed by atoms with E-state index < -0.39 is 5.82 Å². The summed E-state index contributed by atoms with van der Waals surface area (Å²) in [4.78, 5) is 16.5. The van der Waals surface area contributed by atoms with Gasteiger partial charge in [0.05, 0.1) is 19.3 Å². The second kappa shape index (κ2) is 8.36. The number of ether oxygens (including phenoxy) is 1. The average molecular weight is 396 g/mol. The number of amides is 1. The number of hydrogen-bond acceptors (Lipinski definition) is 6. The number of rotatable bonds is 5. The van der Waals surface area contributed by atoms with E-state index in [-0.39, 0.29) is 5.91 Å². The number of piperazine rings is 1. The molecule has 0 spiro atoms. The van der Waals surface area contributed by atoms with Crippen LogP contribution in [-0.2, 0) is 6.54 Å². The normalized spacial score (nSPS) is 14.8. The topological polar surface area (TPSA) is 76.4 Å². The van der Waals surface area contributed by atoms with Gasteiger partial charge in [0, 0.05) is 31.7 Å². The largest absolute Gasteiger partial charge is 0.497 e. The first-order chi connectivity index (χ1) is 14.1. The van der Waals surface area contributed by atoms with Gasteiger partial charge in [-0.3, -0.25) is 9.69 Å². The zero-order chi connectivity index (χ0) is 20.2. The van der Waals surface area contributed by atoms with Crippen LogP contribution in [0.1, 0.15) is 16.2 Å². The molecule has 0 saturated carbocycles. The zero-order valence-electron chi connectivity index (χ0n) is 16.0. The van der Waals surface area contributed by atoms with Crippen LogP contribution in [-0.4, -0.2) is 69.2 Å². The fourth-order valence-corrected chi connectivity index (χ4v) is 3.34. The summed E-state index contributed by atoms with van der Waals surface area (Å²) in [5.41, 5.74) is 1.23. The summed E-state index contributed by atoms with van der Waals surface area (Å²) in [5, 5.41) is 12.0. The van der Waals surface area contributed by atoms with Crippen molar-refractivity contribution in [1.29, 1.82) is 0 Å². The van der Waals surface area contributed by atoms with Crippen molar-refractivity contribution in [3.05, 3.63) is 65.7 Å². The SMILES string of the molecule is COc1ccc(-n2nnnc2CN2CCN(C(=O)c3cccc(F)c3)CC2)cc1. The van der Waals surface area contributed by atoms with E-state index in [9.17, 15) is 9.18 Å². The van der Waals surface area contributed by atoms with Crippen molar-refractivity contribution in [3.63, 3.8) is 0 Å².